The van der Waals surface area contributed by atoms with Crippen LogP contribution in [0.5, 0.6) is 0 Å². The summed E-state index contributed by atoms with van der Waals surface area (Å²) in [5.74, 6) is -4.63. The molecule has 2 aromatic carbocycles. The lowest BCUT2D eigenvalue weighted by molar-refractivity contribution is -0.143. The Labute approximate surface area is 238 Å². The van der Waals surface area contributed by atoms with Crippen molar-refractivity contribution in [2.45, 2.75) is 70.4 Å². The number of hydrogen-bond acceptors (Lipinski definition) is 3. The van der Waals surface area contributed by atoms with E-state index in [2.05, 4.69) is 0 Å². The first-order chi connectivity index (χ1) is 19.0. The highest BCUT2D eigenvalue weighted by molar-refractivity contribution is 5.81. The van der Waals surface area contributed by atoms with Crippen LogP contribution in [0.25, 0.3) is 0 Å². The van der Waals surface area contributed by atoms with Gasteiger partial charge in [0.2, 0.25) is 5.91 Å². The fourth-order valence-corrected chi connectivity index (χ4v) is 4.88. The van der Waals surface area contributed by atoms with Crippen molar-refractivity contribution in [2.75, 3.05) is 20.1 Å². The Morgan fingerprint density at radius 1 is 0.857 bits per heavy atom. The Morgan fingerprint density at radius 2 is 1.38 bits per heavy atom. The van der Waals surface area contributed by atoms with E-state index < -0.39 is 75.7 Å². The maximum atomic E-state index is 15.0. The molecule has 1 aliphatic rings. The summed E-state index contributed by atoms with van der Waals surface area (Å²) in [6, 6.07) is 3.87. The van der Waals surface area contributed by atoms with Crippen LogP contribution in [0.4, 0.5) is 39.9 Å². The molecular formula is C29H32F8N2O3. The lowest BCUT2D eigenvalue weighted by atomic mass is 9.78. The van der Waals surface area contributed by atoms with E-state index in [9.17, 15) is 44.7 Å². The van der Waals surface area contributed by atoms with Crippen LogP contribution in [0, 0.1) is 17.6 Å². The highest BCUT2D eigenvalue weighted by Crippen LogP contribution is 2.42. The largest absolute Gasteiger partial charge is 0.444 e. The van der Waals surface area contributed by atoms with Crippen LogP contribution in [-0.4, -0.2) is 47.5 Å². The topological polar surface area (TPSA) is 49.9 Å². The van der Waals surface area contributed by atoms with Crippen molar-refractivity contribution in [3.8, 4) is 0 Å². The van der Waals surface area contributed by atoms with E-state index in [1.165, 1.54) is 25.8 Å². The molecule has 1 heterocycles. The molecule has 2 aromatic rings. The van der Waals surface area contributed by atoms with Gasteiger partial charge < -0.3 is 14.5 Å². The van der Waals surface area contributed by atoms with Crippen molar-refractivity contribution in [1.29, 1.82) is 0 Å². The van der Waals surface area contributed by atoms with Crippen LogP contribution in [0.1, 0.15) is 69.2 Å². The molecule has 0 bridgehead atoms. The quantitative estimate of drug-likeness (QED) is 0.334. The average Bonchev–Trinajstić information content (AvgIpc) is 2.85. The van der Waals surface area contributed by atoms with Gasteiger partial charge in [0.15, 0.2) is 0 Å². The summed E-state index contributed by atoms with van der Waals surface area (Å²) < 4.78 is 115. The van der Waals surface area contributed by atoms with Crippen LogP contribution >= 0.6 is 0 Å². The third-order valence-corrected chi connectivity index (χ3v) is 7.41. The van der Waals surface area contributed by atoms with Gasteiger partial charge in [-0.25, -0.2) is 13.6 Å². The first-order valence-corrected chi connectivity index (χ1v) is 13.0. The lowest BCUT2D eigenvalue weighted by Crippen LogP contribution is -2.52. The molecular weight excluding hydrogens is 576 g/mol. The van der Waals surface area contributed by atoms with Crippen LogP contribution < -0.4 is 0 Å². The van der Waals surface area contributed by atoms with Crippen molar-refractivity contribution >= 4 is 12.0 Å². The first kappa shape index (κ1) is 33.1. The van der Waals surface area contributed by atoms with Gasteiger partial charge in [0, 0.05) is 38.0 Å². The number of piperidine rings is 1. The molecule has 2 amide bonds. The monoisotopic (exact) mass is 608 g/mol. The summed E-state index contributed by atoms with van der Waals surface area (Å²) in [6.07, 6.45) is -10.9. The van der Waals surface area contributed by atoms with Gasteiger partial charge in [-0.15, -0.1) is 0 Å². The normalized spacial score (nSPS) is 18.6. The van der Waals surface area contributed by atoms with Gasteiger partial charge in [0.1, 0.15) is 17.2 Å². The fraction of sp³-hybridized carbons (Fsp3) is 0.517. The molecule has 1 aliphatic heterocycles. The highest BCUT2D eigenvalue weighted by atomic mass is 19.4. The molecule has 0 radical (unpaired) electrons. The van der Waals surface area contributed by atoms with Gasteiger partial charge in [-0.3, -0.25) is 4.79 Å². The molecule has 3 rings (SSSR count). The molecule has 0 spiro atoms. The maximum Gasteiger partial charge on any atom is 0.416 e. The third kappa shape index (κ3) is 7.33. The number of halogens is 8. The number of nitrogens with zero attached hydrogens (tertiary/aromatic N) is 2. The number of benzene rings is 2. The second kappa shape index (κ2) is 11.4. The Hall–Kier alpha value is -3.38. The molecule has 2 atom stereocenters. The number of ether oxygens (including phenoxy) is 1. The Bertz CT molecular complexity index is 1300. The number of alkyl halides is 6. The minimum atomic E-state index is -5.09. The standard InChI is InChI=1S/C29H32F8N2O3/c1-26(2,3)42-25(41)39-10-9-21(22(15-39)20-8-7-19(30)14-23(20)31)24(40)38(6)27(4,5)16-11-17(28(32,33)34)13-18(12-16)29(35,36)37/h7-8,11-14,21-22H,9-10,15H2,1-6H3/t21-,22+/m1/s1. The predicted octanol–water partition coefficient (Wildman–Crippen LogP) is 7.74. The molecule has 232 valence electrons. The molecule has 0 saturated carbocycles. The lowest BCUT2D eigenvalue weighted by Gasteiger charge is -2.43. The molecule has 0 aromatic heterocycles. The molecule has 0 N–H and O–H groups in total. The van der Waals surface area contributed by atoms with Gasteiger partial charge in [0.25, 0.3) is 0 Å². The van der Waals surface area contributed by atoms with Crippen molar-refractivity contribution in [3.63, 3.8) is 0 Å². The minimum Gasteiger partial charge on any atom is -0.444 e. The molecule has 5 nitrogen and oxygen atoms in total. The van der Waals surface area contributed by atoms with E-state index in [1.807, 2.05) is 0 Å². The Kier molecular flexibility index (Phi) is 8.97. The summed E-state index contributed by atoms with van der Waals surface area (Å²) >= 11 is 0. The summed E-state index contributed by atoms with van der Waals surface area (Å²) in [6.45, 7) is 7.33. The highest BCUT2D eigenvalue weighted by Gasteiger charge is 2.44. The SMILES string of the molecule is CN(C(=O)[C@@H]1CCN(C(=O)OC(C)(C)C)C[C@H]1c1ccc(F)cc1F)C(C)(C)c1cc(C(F)(F)F)cc(C(F)(F)F)c1. The zero-order valence-corrected chi connectivity index (χ0v) is 23.9. The van der Waals surface area contributed by atoms with Crippen molar-refractivity contribution in [2.24, 2.45) is 5.92 Å². The molecule has 42 heavy (non-hydrogen) atoms. The van der Waals surface area contributed by atoms with Crippen LogP contribution in [-0.2, 0) is 27.4 Å². The second-order valence-corrected chi connectivity index (χ2v) is 11.8. The summed E-state index contributed by atoms with van der Waals surface area (Å²) in [5.41, 5.74) is -6.10. The Morgan fingerprint density at radius 3 is 1.86 bits per heavy atom. The first-order valence-electron chi connectivity index (χ1n) is 13.0. The zero-order chi connectivity index (χ0) is 32.0. The van der Waals surface area contributed by atoms with Gasteiger partial charge in [-0.2, -0.15) is 26.3 Å². The summed E-state index contributed by atoms with van der Waals surface area (Å²) in [5, 5.41) is 0. The molecule has 1 fully saturated rings. The van der Waals surface area contributed by atoms with Crippen LogP contribution in [0.3, 0.4) is 0 Å². The Balaban J connectivity index is 2.03. The van der Waals surface area contributed by atoms with E-state index in [4.69, 9.17) is 4.74 Å². The van der Waals surface area contributed by atoms with E-state index in [-0.39, 0.29) is 31.1 Å². The van der Waals surface area contributed by atoms with E-state index in [0.717, 1.165) is 17.0 Å². The van der Waals surface area contributed by atoms with E-state index in [0.29, 0.717) is 18.2 Å². The van der Waals surface area contributed by atoms with Gasteiger partial charge in [-0.1, -0.05) is 6.07 Å². The number of amides is 2. The number of hydrogen-bond donors (Lipinski definition) is 0. The maximum absolute atomic E-state index is 15.0. The smallest absolute Gasteiger partial charge is 0.416 e. The number of carbonyl (C=O) groups excluding carboxylic acids is 2. The van der Waals surface area contributed by atoms with E-state index >= 15 is 0 Å². The van der Waals surface area contributed by atoms with Gasteiger partial charge in [-0.05, 0) is 76.4 Å². The molecule has 0 unspecified atom stereocenters. The van der Waals surface area contributed by atoms with Gasteiger partial charge >= 0.3 is 18.4 Å². The van der Waals surface area contributed by atoms with Crippen molar-refractivity contribution in [3.05, 3.63) is 70.3 Å². The third-order valence-electron chi connectivity index (χ3n) is 7.41. The van der Waals surface area contributed by atoms with E-state index in [1.54, 1.807) is 20.8 Å². The van der Waals surface area contributed by atoms with Crippen LogP contribution in [0.2, 0.25) is 0 Å². The zero-order valence-electron chi connectivity index (χ0n) is 23.9. The van der Waals surface area contributed by atoms with Crippen molar-refractivity contribution < 1.29 is 49.4 Å². The number of likely N-dealkylation sites (tertiary alicyclic amines) is 1. The number of rotatable bonds is 4. The minimum absolute atomic E-state index is 0.000678. The summed E-state index contributed by atoms with van der Waals surface area (Å²) in [7, 11) is 1.23. The van der Waals surface area contributed by atoms with Crippen LogP contribution in [0.15, 0.2) is 36.4 Å². The van der Waals surface area contributed by atoms with Crippen molar-refractivity contribution in [1.82, 2.24) is 9.80 Å². The fourth-order valence-electron chi connectivity index (χ4n) is 4.88. The second-order valence-electron chi connectivity index (χ2n) is 11.8. The summed E-state index contributed by atoms with van der Waals surface area (Å²) in [4.78, 5) is 29.0. The number of carbonyl (C=O) groups is 2. The van der Waals surface area contributed by atoms with Gasteiger partial charge in [0.05, 0.1) is 16.7 Å². The molecule has 13 heteroatoms. The predicted molar refractivity (Wildman–Crippen MR) is 137 cm³/mol. The average molecular weight is 609 g/mol. The molecule has 1 saturated heterocycles. The molecule has 0 aliphatic carbocycles.